The zero-order valence-electron chi connectivity index (χ0n) is 45.2. The second-order valence-electron chi connectivity index (χ2n) is 23.3. The fourth-order valence-electron chi connectivity index (χ4n) is 13.2. The highest BCUT2D eigenvalue weighted by Gasteiger charge is 2.53. The second kappa shape index (κ2) is 16.9. The third-order valence-corrected chi connectivity index (χ3v) is 20.7. The predicted molar refractivity (Wildman–Crippen MR) is 336 cm³/mol. The summed E-state index contributed by atoms with van der Waals surface area (Å²) in [6, 6.07) is 76.0. The van der Waals surface area contributed by atoms with Gasteiger partial charge in [0, 0.05) is 79.6 Å². The van der Waals surface area contributed by atoms with E-state index in [9.17, 15) is 0 Å². The van der Waals surface area contributed by atoms with Crippen molar-refractivity contribution in [3.05, 3.63) is 241 Å². The van der Waals surface area contributed by atoms with Crippen molar-refractivity contribution >= 4 is 123 Å². The number of para-hydroxylation sites is 1. The van der Waals surface area contributed by atoms with Crippen LogP contribution in [0.4, 0.5) is 34.1 Å². The number of hydrogen-bond acceptors (Lipinski definition) is 7. The Morgan fingerprint density at radius 1 is 0.412 bits per heavy atom. The maximum atomic E-state index is 7.33. The molecule has 9 heteroatoms. The molecule has 0 amide bonds. The monoisotopic (exact) mass is 1070 g/mol. The molecule has 0 saturated carbocycles. The van der Waals surface area contributed by atoms with E-state index in [1.165, 1.54) is 54.6 Å². The molecule has 5 heterocycles. The lowest BCUT2D eigenvalue weighted by Crippen LogP contribution is -2.37. The Morgan fingerprint density at radius 2 is 0.938 bits per heavy atom. The van der Waals surface area contributed by atoms with Crippen molar-refractivity contribution in [3.8, 4) is 22.3 Å². The molecule has 16 rings (SSSR count). The molecule has 2 aliphatic rings. The van der Waals surface area contributed by atoms with Crippen molar-refractivity contribution in [1.29, 1.82) is 0 Å². The largest absolute Gasteiger partial charge is 0.454 e. The summed E-state index contributed by atoms with van der Waals surface area (Å²) in [6.45, 7) is 7.21. The van der Waals surface area contributed by atoms with Crippen molar-refractivity contribution in [2.45, 2.75) is 30.0 Å². The van der Waals surface area contributed by atoms with E-state index in [1.807, 2.05) is 12.1 Å². The molecular formula is C71H54N4O3SSi. The normalized spacial score (nSPS) is 13.7. The zero-order chi connectivity index (χ0) is 53.8. The van der Waals surface area contributed by atoms with E-state index in [0.717, 1.165) is 88.8 Å². The molecule has 0 saturated heterocycles. The van der Waals surface area contributed by atoms with Gasteiger partial charge < -0.3 is 23.1 Å². The van der Waals surface area contributed by atoms with Crippen molar-refractivity contribution in [3.63, 3.8) is 0 Å². The van der Waals surface area contributed by atoms with Crippen LogP contribution in [0.3, 0.4) is 0 Å². The molecule has 0 radical (unpaired) electrons. The fraction of sp³-hybridized carbons (Fsp3) is 0.0986. The van der Waals surface area contributed by atoms with Crippen molar-refractivity contribution < 1.29 is 13.3 Å². The number of aromatic nitrogens is 2. The molecule has 7 nitrogen and oxygen atoms in total. The summed E-state index contributed by atoms with van der Waals surface area (Å²) in [6.07, 6.45) is 10.6. The first-order chi connectivity index (χ1) is 38.9. The summed E-state index contributed by atoms with van der Waals surface area (Å²) >= 11 is 0. The maximum Gasteiger partial charge on any atom is 0.227 e. The highest BCUT2D eigenvalue weighted by molar-refractivity contribution is 8.32. The molecule has 2 aliphatic carbocycles. The summed E-state index contributed by atoms with van der Waals surface area (Å²) in [7, 11) is -2.65. The third kappa shape index (κ3) is 6.74. The Kier molecular flexibility index (Phi) is 9.92. The first-order valence-corrected chi connectivity index (χ1v) is 33.6. The summed E-state index contributed by atoms with van der Waals surface area (Å²) < 4.78 is 20.4. The number of benzene rings is 9. The molecule has 0 fully saturated rings. The van der Waals surface area contributed by atoms with E-state index >= 15 is 0 Å². The molecule has 0 N–H and O–H groups in total. The van der Waals surface area contributed by atoms with E-state index in [1.54, 1.807) is 12.4 Å². The third-order valence-electron chi connectivity index (χ3n) is 16.9. The lowest BCUT2D eigenvalue weighted by Gasteiger charge is -2.33. The SMILES string of the molecule is C[Si](C)(C)c1ccc(N(c2ccc3c(c2)oc2ncccc23)c2cc3c(c4c2oc2ccccc24)-c2ccc(N(c4ccc(S(C)(C)C)cc4)c4ccc5c(c4)oc4ncccc45)cc2C32c3ccccc3-c3ccccc32)cc1. The number of hydrogen-bond donors (Lipinski definition) is 0. The van der Waals surface area contributed by atoms with E-state index in [4.69, 9.17) is 13.3 Å². The Labute approximate surface area is 465 Å². The number of anilines is 6. The van der Waals surface area contributed by atoms with Gasteiger partial charge in [-0.05, 0) is 177 Å². The summed E-state index contributed by atoms with van der Waals surface area (Å²) in [5.74, 6) is 0. The van der Waals surface area contributed by atoms with Gasteiger partial charge in [0.25, 0.3) is 0 Å². The van der Waals surface area contributed by atoms with Crippen LogP contribution in [-0.4, -0.2) is 36.8 Å². The predicted octanol–water partition coefficient (Wildman–Crippen LogP) is 19.1. The van der Waals surface area contributed by atoms with Crippen molar-refractivity contribution in [2.24, 2.45) is 0 Å². The van der Waals surface area contributed by atoms with Crippen LogP contribution in [0.1, 0.15) is 22.3 Å². The molecule has 5 aromatic heterocycles. The van der Waals surface area contributed by atoms with Gasteiger partial charge in [-0.1, -0.05) is 110 Å². The average Bonchev–Trinajstić information content (AvgIpc) is 4.03. The minimum Gasteiger partial charge on any atom is -0.454 e. The molecule has 0 aliphatic heterocycles. The maximum absolute atomic E-state index is 7.33. The topological polar surface area (TPSA) is 71.7 Å². The van der Waals surface area contributed by atoms with E-state index in [2.05, 4.69) is 252 Å². The van der Waals surface area contributed by atoms with Crippen LogP contribution in [0.5, 0.6) is 0 Å². The Morgan fingerprint density at radius 3 is 1.56 bits per heavy atom. The van der Waals surface area contributed by atoms with Gasteiger partial charge >= 0.3 is 0 Å². The number of rotatable bonds is 8. The van der Waals surface area contributed by atoms with Gasteiger partial charge in [0.1, 0.15) is 16.7 Å². The number of pyridine rings is 2. The highest BCUT2D eigenvalue weighted by Crippen LogP contribution is 2.66. The highest BCUT2D eigenvalue weighted by atomic mass is 32.3. The quantitative estimate of drug-likeness (QED) is 0.140. The summed E-state index contributed by atoms with van der Waals surface area (Å²) in [5, 5.41) is 7.59. The Balaban J connectivity index is 1.00. The molecule has 1 spiro atoms. The van der Waals surface area contributed by atoms with Crippen LogP contribution in [0.15, 0.2) is 237 Å². The second-order valence-corrected chi connectivity index (χ2v) is 32.5. The van der Waals surface area contributed by atoms with Crippen LogP contribution in [0, 0.1) is 0 Å². The fourth-order valence-corrected chi connectivity index (χ4v) is 15.4. The van der Waals surface area contributed by atoms with Gasteiger partial charge in [0.15, 0.2) is 5.58 Å². The van der Waals surface area contributed by atoms with Gasteiger partial charge in [-0.3, -0.25) is 0 Å². The lowest BCUT2D eigenvalue weighted by atomic mass is 9.70. The smallest absolute Gasteiger partial charge is 0.227 e. The van der Waals surface area contributed by atoms with Gasteiger partial charge in [-0.15, -0.1) is 0 Å². The molecule has 0 bridgehead atoms. The molecule has 0 unspecified atom stereocenters. The zero-order valence-corrected chi connectivity index (χ0v) is 47.0. The molecular weight excluding hydrogens is 1020 g/mol. The minimum absolute atomic E-state index is 0.620. The molecule has 14 aromatic rings. The van der Waals surface area contributed by atoms with Gasteiger partial charge in [-0.25, -0.2) is 20.0 Å². The summed E-state index contributed by atoms with van der Waals surface area (Å²) in [4.78, 5) is 15.4. The number of furan rings is 3. The first-order valence-electron chi connectivity index (χ1n) is 27.3. The lowest BCUT2D eigenvalue weighted by molar-refractivity contribution is 0.653. The van der Waals surface area contributed by atoms with Gasteiger partial charge in [0.05, 0.1) is 24.9 Å². The van der Waals surface area contributed by atoms with Crippen molar-refractivity contribution in [1.82, 2.24) is 9.97 Å². The van der Waals surface area contributed by atoms with Crippen molar-refractivity contribution in [2.75, 3.05) is 28.6 Å². The standard InChI is InChI=1S/C71H54N4O3SSi/c1-79(2,3)48-30-23-43(24-31-48)74(46-27-34-52-54-18-13-37-72-69(54)77-64(52)40-46)45-29-36-56-60(39-45)71(58-20-10-7-15-50(58)51-16-8-11-21-59(51)71)61-42-62(68-67(66(56)61)57-17-9-12-22-63(57)76-68)75(44-25-32-49(33-26-44)80(4,5)6)47-28-35-53-55-19-14-38-73-70(55)78-65(53)41-47/h7-42H,1-6H3. The molecule has 9 aromatic carbocycles. The van der Waals surface area contributed by atoms with E-state index in [-0.39, 0.29) is 0 Å². The average molecular weight is 1070 g/mol. The minimum atomic E-state index is -1.67. The van der Waals surface area contributed by atoms with Gasteiger partial charge in [0.2, 0.25) is 11.4 Å². The van der Waals surface area contributed by atoms with Crippen LogP contribution < -0.4 is 15.0 Å². The number of nitrogens with zero attached hydrogens (tertiary/aromatic N) is 4. The Hall–Kier alpha value is -9.15. The molecule has 0 atom stereocenters. The summed E-state index contributed by atoms with van der Waals surface area (Å²) in [5.41, 5.74) is 19.4. The first kappa shape index (κ1) is 46.9. The number of fused-ring (bicyclic) bond motifs is 20. The Bertz CT molecular complexity index is 4840. The van der Waals surface area contributed by atoms with Crippen LogP contribution >= 0.6 is 10.0 Å². The van der Waals surface area contributed by atoms with Crippen LogP contribution in [0.25, 0.3) is 88.3 Å². The van der Waals surface area contributed by atoms with E-state index in [0.29, 0.717) is 11.4 Å². The van der Waals surface area contributed by atoms with Crippen LogP contribution in [0.2, 0.25) is 19.6 Å². The van der Waals surface area contributed by atoms with Gasteiger partial charge in [-0.2, -0.15) is 0 Å². The van der Waals surface area contributed by atoms with E-state index < -0.39 is 23.5 Å². The van der Waals surface area contributed by atoms with Crippen LogP contribution in [-0.2, 0) is 5.41 Å². The molecule has 386 valence electrons. The molecule has 80 heavy (non-hydrogen) atoms.